The first-order chi connectivity index (χ1) is 17.2. The van der Waals surface area contributed by atoms with Crippen LogP contribution in [0.3, 0.4) is 0 Å². The van der Waals surface area contributed by atoms with Crippen LogP contribution in [0.2, 0.25) is 0 Å². The average Bonchev–Trinajstić information content (AvgIpc) is 3.18. The summed E-state index contributed by atoms with van der Waals surface area (Å²) in [7, 11) is 0. The van der Waals surface area contributed by atoms with Crippen LogP contribution in [0.5, 0.6) is 0 Å². The lowest BCUT2D eigenvalue weighted by Crippen LogP contribution is -2.47. The Balaban J connectivity index is 1.29. The van der Waals surface area contributed by atoms with Gasteiger partial charge in [-0.2, -0.15) is 9.97 Å². The predicted molar refractivity (Wildman–Crippen MR) is 147 cm³/mol. The number of anilines is 4. The van der Waals surface area contributed by atoms with Crippen molar-refractivity contribution in [2.45, 2.75) is 44.6 Å². The molecule has 2 aliphatic heterocycles. The van der Waals surface area contributed by atoms with Crippen molar-refractivity contribution in [1.82, 2.24) is 15.3 Å². The van der Waals surface area contributed by atoms with Crippen molar-refractivity contribution in [1.29, 1.82) is 0 Å². The molecule has 2 saturated heterocycles. The molecule has 0 bridgehead atoms. The molecule has 1 aromatic heterocycles. The van der Waals surface area contributed by atoms with Crippen LogP contribution in [0.15, 0.2) is 36.4 Å². The van der Waals surface area contributed by atoms with Crippen molar-refractivity contribution in [3.05, 3.63) is 36.4 Å². The molecule has 0 unspecified atom stereocenters. The third-order valence-corrected chi connectivity index (χ3v) is 7.39. The summed E-state index contributed by atoms with van der Waals surface area (Å²) >= 11 is 5.67. The van der Waals surface area contributed by atoms with Crippen molar-refractivity contribution >= 4 is 40.6 Å². The van der Waals surface area contributed by atoms with E-state index in [0.29, 0.717) is 17.1 Å². The number of rotatable bonds is 5. The highest BCUT2D eigenvalue weighted by atomic mass is 32.1. The molecule has 0 amide bonds. The third-order valence-electron chi connectivity index (χ3n) is 7.17. The fourth-order valence-electron chi connectivity index (χ4n) is 5.17. The van der Waals surface area contributed by atoms with E-state index < -0.39 is 0 Å². The second-order valence-corrected chi connectivity index (χ2v) is 10.0. The zero-order chi connectivity index (χ0) is 23.9. The van der Waals surface area contributed by atoms with Gasteiger partial charge in [-0.15, -0.1) is 0 Å². The van der Waals surface area contributed by atoms with Crippen molar-refractivity contribution in [2.24, 2.45) is 0 Å². The van der Waals surface area contributed by atoms with Gasteiger partial charge in [-0.3, -0.25) is 0 Å². The number of aromatic nitrogens is 2. The summed E-state index contributed by atoms with van der Waals surface area (Å²) < 4.78 is 5.56. The van der Waals surface area contributed by atoms with E-state index in [1.165, 1.54) is 44.2 Å². The molecule has 188 valence electrons. The Morgan fingerprint density at radius 2 is 1.40 bits per heavy atom. The topological polar surface area (TPSA) is 68.8 Å². The Morgan fingerprint density at radius 1 is 0.800 bits per heavy atom. The molecule has 3 aliphatic rings. The van der Waals surface area contributed by atoms with E-state index in [2.05, 4.69) is 61.7 Å². The Kier molecular flexibility index (Phi) is 8.15. The first kappa shape index (κ1) is 24.1. The smallest absolute Gasteiger partial charge is 0.232 e. The van der Waals surface area contributed by atoms with Crippen molar-refractivity contribution < 1.29 is 4.74 Å². The van der Waals surface area contributed by atoms with Gasteiger partial charge in [0.25, 0.3) is 0 Å². The summed E-state index contributed by atoms with van der Waals surface area (Å²) in [5.41, 5.74) is 1.28. The number of para-hydroxylation sites is 1. The predicted octanol–water partition coefficient (Wildman–Crippen LogP) is 3.65. The lowest BCUT2D eigenvalue weighted by molar-refractivity contribution is 0.122. The summed E-state index contributed by atoms with van der Waals surface area (Å²) in [5.74, 6) is 2.46. The molecule has 1 aliphatic carbocycles. The molecule has 35 heavy (non-hydrogen) atoms. The summed E-state index contributed by atoms with van der Waals surface area (Å²) in [5, 5.41) is 7.44. The van der Waals surface area contributed by atoms with E-state index in [1.54, 1.807) is 0 Å². The van der Waals surface area contributed by atoms with Gasteiger partial charge < -0.3 is 30.1 Å². The molecule has 9 heteroatoms. The minimum atomic E-state index is 0.436. The van der Waals surface area contributed by atoms with Gasteiger partial charge in [0.15, 0.2) is 5.11 Å². The summed E-state index contributed by atoms with van der Waals surface area (Å²) in [6.45, 7) is 6.87. The molecule has 1 aromatic carbocycles. The largest absolute Gasteiger partial charge is 0.378 e. The highest BCUT2D eigenvalue weighted by Crippen LogP contribution is 2.25. The van der Waals surface area contributed by atoms with Crippen LogP contribution in [-0.2, 0) is 4.74 Å². The number of piperazine rings is 1. The maximum Gasteiger partial charge on any atom is 0.232 e. The number of hydrogen-bond acceptors (Lipinski definition) is 7. The van der Waals surface area contributed by atoms with Gasteiger partial charge in [-0.25, -0.2) is 0 Å². The quantitative estimate of drug-likeness (QED) is 0.478. The molecule has 2 aromatic rings. The molecule has 0 radical (unpaired) electrons. The molecule has 0 spiro atoms. The summed E-state index contributed by atoms with van der Waals surface area (Å²) in [4.78, 5) is 16.8. The highest BCUT2D eigenvalue weighted by Gasteiger charge is 2.22. The van der Waals surface area contributed by atoms with Crippen LogP contribution in [0.1, 0.15) is 38.5 Å². The molecule has 3 fully saturated rings. The standard InChI is InChI=1S/C26H37N7OS/c35-26(27-21-8-4-1-2-5-9-21)30-25-28-23(20-24(29-25)33-16-18-34-19-17-33)32-14-12-31(13-15-32)22-10-6-3-7-11-22/h3,6-7,10-11,20-21H,1-2,4-5,8-9,12-19H2,(H2,27,28,29,30,35). The summed E-state index contributed by atoms with van der Waals surface area (Å²) in [6.07, 6.45) is 7.53. The molecule has 1 saturated carbocycles. The van der Waals surface area contributed by atoms with E-state index in [0.717, 1.165) is 64.1 Å². The lowest BCUT2D eigenvalue weighted by Gasteiger charge is -2.37. The van der Waals surface area contributed by atoms with Gasteiger partial charge in [-0.1, -0.05) is 43.9 Å². The molecule has 5 rings (SSSR count). The molecule has 2 N–H and O–H groups in total. The normalized spacial score (nSPS) is 19.8. The highest BCUT2D eigenvalue weighted by molar-refractivity contribution is 7.80. The molecular weight excluding hydrogens is 458 g/mol. The second-order valence-electron chi connectivity index (χ2n) is 9.60. The SMILES string of the molecule is S=C(Nc1nc(N2CCOCC2)cc(N2CCN(c3ccccc3)CC2)n1)NC1CCCCCC1. The molecule has 0 atom stereocenters. The van der Waals surface area contributed by atoms with E-state index in [9.17, 15) is 0 Å². The lowest BCUT2D eigenvalue weighted by atomic mass is 10.1. The maximum atomic E-state index is 5.67. The molecule has 3 heterocycles. The van der Waals surface area contributed by atoms with Crippen molar-refractivity contribution in [2.75, 3.05) is 72.5 Å². The van der Waals surface area contributed by atoms with Gasteiger partial charge >= 0.3 is 0 Å². The minimum absolute atomic E-state index is 0.436. The van der Waals surface area contributed by atoms with Gasteiger partial charge in [-0.05, 0) is 37.2 Å². The van der Waals surface area contributed by atoms with Gasteiger partial charge in [0.05, 0.1) is 13.2 Å². The monoisotopic (exact) mass is 495 g/mol. The number of morpholine rings is 1. The van der Waals surface area contributed by atoms with E-state index >= 15 is 0 Å². The zero-order valence-corrected chi connectivity index (χ0v) is 21.3. The van der Waals surface area contributed by atoms with E-state index in [-0.39, 0.29) is 0 Å². The number of ether oxygens (including phenoxy) is 1. The van der Waals surface area contributed by atoms with Crippen LogP contribution < -0.4 is 25.3 Å². The van der Waals surface area contributed by atoms with Crippen LogP contribution >= 0.6 is 12.2 Å². The van der Waals surface area contributed by atoms with Crippen molar-refractivity contribution in [3.8, 4) is 0 Å². The first-order valence-electron chi connectivity index (χ1n) is 13.1. The molecular formula is C26H37N7OS. The number of nitrogens with one attached hydrogen (secondary N) is 2. The third kappa shape index (κ3) is 6.52. The zero-order valence-electron chi connectivity index (χ0n) is 20.5. The average molecular weight is 496 g/mol. The van der Waals surface area contributed by atoms with Gasteiger partial charge in [0.2, 0.25) is 5.95 Å². The Hall–Kier alpha value is -2.65. The van der Waals surface area contributed by atoms with E-state index in [4.69, 9.17) is 26.9 Å². The molecule has 8 nitrogen and oxygen atoms in total. The minimum Gasteiger partial charge on any atom is -0.378 e. The Labute approximate surface area is 214 Å². The Bertz CT molecular complexity index is 953. The van der Waals surface area contributed by atoms with Crippen molar-refractivity contribution in [3.63, 3.8) is 0 Å². The fraction of sp³-hybridized carbons (Fsp3) is 0.577. The van der Waals surface area contributed by atoms with Crippen LogP contribution in [-0.4, -0.2) is 73.6 Å². The number of benzene rings is 1. The number of thiocarbonyl (C=S) groups is 1. The van der Waals surface area contributed by atoms with Crippen LogP contribution in [0.4, 0.5) is 23.3 Å². The maximum absolute atomic E-state index is 5.67. The van der Waals surface area contributed by atoms with E-state index in [1.807, 2.05) is 0 Å². The summed E-state index contributed by atoms with van der Waals surface area (Å²) in [6, 6.07) is 13.2. The number of hydrogen-bond donors (Lipinski definition) is 2. The fourth-order valence-corrected chi connectivity index (χ4v) is 5.43. The van der Waals surface area contributed by atoms with Gasteiger partial charge in [0, 0.05) is 57.1 Å². The van der Waals surface area contributed by atoms with Crippen LogP contribution in [0.25, 0.3) is 0 Å². The van der Waals surface area contributed by atoms with Crippen LogP contribution in [0, 0.1) is 0 Å². The van der Waals surface area contributed by atoms with Gasteiger partial charge in [0.1, 0.15) is 11.6 Å². The number of nitrogens with zero attached hydrogens (tertiary/aromatic N) is 5. The second kappa shape index (κ2) is 11.9. The first-order valence-corrected chi connectivity index (χ1v) is 13.5. The Morgan fingerprint density at radius 3 is 2.06 bits per heavy atom.